The van der Waals surface area contributed by atoms with Gasteiger partial charge in [-0.25, -0.2) is 13.8 Å². The van der Waals surface area contributed by atoms with Crippen molar-refractivity contribution in [1.82, 2.24) is 9.73 Å². The van der Waals surface area contributed by atoms with E-state index in [0.29, 0.717) is 11.3 Å². The summed E-state index contributed by atoms with van der Waals surface area (Å²) >= 11 is 6.02. The Labute approximate surface area is 218 Å². The molecule has 11 nitrogen and oxygen atoms in total. The SMILES string of the molecule is CC(=O)Nc1ccc(S(=O)(=O)N(CC(=O)N/N=C\c2cc([N+](=O)[O-])ccc2Cl)Cc2ccccc2)cc1. The van der Waals surface area contributed by atoms with E-state index < -0.39 is 27.4 Å². The first-order valence-corrected chi connectivity index (χ1v) is 12.6. The third-order valence-electron chi connectivity index (χ3n) is 4.92. The van der Waals surface area contributed by atoms with Gasteiger partial charge in [-0.3, -0.25) is 19.7 Å². The van der Waals surface area contributed by atoms with Crippen molar-refractivity contribution in [3.05, 3.63) is 99.1 Å². The van der Waals surface area contributed by atoms with Gasteiger partial charge in [0, 0.05) is 41.9 Å². The van der Waals surface area contributed by atoms with Crippen LogP contribution in [0.3, 0.4) is 0 Å². The number of sulfonamides is 1. The largest absolute Gasteiger partial charge is 0.326 e. The molecule has 3 aromatic rings. The van der Waals surface area contributed by atoms with Crippen molar-refractivity contribution in [1.29, 1.82) is 0 Å². The summed E-state index contributed by atoms with van der Waals surface area (Å²) in [7, 11) is -4.13. The van der Waals surface area contributed by atoms with Gasteiger partial charge in [-0.05, 0) is 35.9 Å². The molecular formula is C24H22ClN5O6S. The van der Waals surface area contributed by atoms with Gasteiger partial charge in [0.2, 0.25) is 15.9 Å². The van der Waals surface area contributed by atoms with E-state index in [1.165, 1.54) is 49.4 Å². The Morgan fingerprint density at radius 1 is 1.08 bits per heavy atom. The fraction of sp³-hybridized carbons (Fsp3) is 0.125. The van der Waals surface area contributed by atoms with Gasteiger partial charge in [0.1, 0.15) is 0 Å². The maximum absolute atomic E-state index is 13.4. The summed E-state index contributed by atoms with van der Waals surface area (Å²) < 4.78 is 27.8. The molecule has 0 unspecified atom stereocenters. The first-order chi connectivity index (χ1) is 17.6. The third-order valence-corrected chi connectivity index (χ3v) is 7.07. The van der Waals surface area contributed by atoms with Crippen LogP contribution >= 0.6 is 11.6 Å². The molecule has 2 amide bonds. The summed E-state index contributed by atoms with van der Waals surface area (Å²) in [6.07, 6.45) is 1.13. The van der Waals surface area contributed by atoms with Crippen LogP contribution in [0.4, 0.5) is 11.4 Å². The van der Waals surface area contributed by atoms with E-state index in [0.717, 1.165) is 10.5 Å². The molecular weight excluding hydrogens is 522 g/mol. The maximum atomic E-state index is 13.4. The van der Waals surface area contributed by atoms with Crippen molar-refractivity contribution in [3.8, 4) is 0 Å². The number of hydrogen-bond acceptors (Lipinski definition) is 7. The second kappa shape index (κ2) is 12.2. The number of hydrazone groups is 1. The lowest BCUT2D eigenvalue weighted by Gasteiger charge is -2.21. The van der Waals surface area contributed by atoms with Gasteiger partial charge in [0.15, 0.2) is 0 Å². The molecule has 13 heteroatoms. The van der Waals surface area contributed by atoms with Crippen molar-refractivity contribution in [2.75, 3.05) is 11.9 Å². The molecule has 0 radical (unpaired) electrons. The zero-order valence-corrected chi connectivity index (χ0v) is 21.1. The monoisotopic (exact) mass is 543 g/mol. The number of benzene rings is 3. The fourth-order valence-electron chi connectivity index (χ4n) is 3.19. The van der Waals surface area contributed by atoms with Crippen LogP contribution in [0, 0.1) is 10.1 Å². The number of carbonyl (C=O) groups excluding carboxylic acids is 2. The maximum Gasteiger partial charge on any atom is 0.270 e. The molecule has 0 aliphatic carbocycles. The topological polar surface area (TPSA) is 151 Å². The van der Waals surface area contributed by atoms with Crippen LogP contribution in [-0.4, -0.2) is 42.2 Å². The van der Waals surface area contributed by atoms with Crippen LogP contribution in [0.25, 0.3) is 0 Å². The summed E-state index contributed by atoms with van der Waals surface area (Å²) in [6.45, 7) is 0.676. The van der Waals surface area contributed by atoms with Crippen molar-refractivity contribution in [2.24, 2.45) is 5.10 Å². The van der Waals surface area contributed by atoms with Crippen molar-refractivity contribution >= 4 is 51.0 Å². The van der Waals surface area contributed by atoms with Crippen molar-refractivity contribution in [3.63, 3.8) is 0 Å². The molecule has 2 N–H and O–H groups in total. The number of carbonyl (C=O) groups is 2. The Balaban J connectivity index is 1.80. The number of hydrogen-bond donors (Lipinski definition) is 2. The van der Waals surface area contributed by atoms with E-state index in [9.17, 15) is 28.1 Å². The number of nitrogens with zero attached hydrogens (tertiary/aromatic N) is 3. The molecule has 0 fully saturated rings. The normalized spacial score (nSPS) is 11.4. The molecule has 0 aliphatic rings. The first-order valence-electron chi connectivity index (χ1n) is 10.7. The number of rotatable bonds is 10. The second-order valence-electron chi connectivity index (χ2n) is 7.72. The minimum atomic E-state index is -4.13. The number of nitrogens with one attached hydrogen (secondary N) is 2. The van der Waals surface area contributed by atoms with E-state index in [-0.39, 0.29) is 33.6 Å². The average Bonchev–Trinajstić information content (AvgIpc) is 2.85. The number of nitro benzene ring substituents is 1. The summed E-state index contributed by atoms with van der Waals surface area (Å²) in [4.78, 5) is 34.2. The predicted molar refractivity (Wildman–Crippen MR) is 139 cm³/mol. The molecule has 0 saturated carbocycles. The molecule has 3 aromatic carbocycles. The highest BCUT2D eigenvalue weighted by atomic mass is 35.5. The molecule has 192 valence electrons. The Morgan fingerprint density at radius 2 is 1.76 bits per heavy atom. The van der Waals surface area contributed by atoms with Gasteiger partial charge in [-0.15, -0.1) is 0 Å². The standard InChI is InChI=1S/C24H22ClN5O6S/c1-17(31)27-20-7-10-22(11-8-20)37(35,36)29(15-18-5-3-2-4-6-18)16-24(32)28-26-14-19-13-21(30(33)34)9-12-23(19)25/h2-14H,15-16H2,1H3,(H,27,31)(H,28,32)/b26-14-. The van der Waals surface area contributed by atoms with E-state index in [4.69, 9.17) is 11.6 Å². The van der Waals surface area contributed by atoms with Crippen LogP contribution in [0.5, 0.6) is 0 Å². The zero-order valence-electron chi connectivity index (χ0n) is 19.5. The molecule has 0 aliphatic heterocycles. The lowest BCUT2D eigenvalue weighted by molar-refractivity contribution is -0.384. The molecule has 0 atom stereocenters. The lowest BCUT2D eigenvalue weighted by Crippen LogP contribution is -2.39. The van der Waals surface area contributed by atoms with Gasteiger partial charge in [0.05, 0.1) is 22.6 Å². The van der Waals surface area contributed by atoms with Crippen LogP contribution in [-0.2, 0) is 26.2 Å². The van der Waals surface area contributed by atoms with E-state index in [2.05, 4.69) is 15.8 Å². The molecule has 0 heterocycles. The number of halogens is 1. The van der Waals surface area contributed by atoms with E-state index in [1.54, 1.807) is 30.3 Å². The quantitative estimate of drug-likeness (QED) is 0.227. The highest BCUT2D eigenvalue weighted by Crippen LogP contribution is 2.22. The summed E-state index contributed by atoms with van der Waals surface area (Å²) in [5.41, 5.74) is 3.30. The van der Waals surface area contributed by atoms with Crippen LogP contribution < -0.4 is 10.7 Å². The van der Waals surface area contributed by atoms with Crippen LogP contribution in [0.2, 0.25) is 5.02 Å². The lowest BCUT2D eigenvalue weighted by atomic mass is 10.2. The highest BCUT2D eigenvalue weighted by molar-refractivity contribution is 7.89. The van der Waals surface area contributed by atoms with Crippen molar-refractivity contribution in [2.45, 2.75) is 18.4 Å². The molecule has 0 saturated heterocycles. The second-order valence-corrected chi connectivity index (χ2v) is 10.1. The number of non-ortho nitro benzene ring substituents is 1. The van der Waals surface area contributed by atoms with Crippen molar-refractivity contribution < 1.29 is 22.9 Å². The molecule has 0 bridgehead atoms. The van der Waals surface area contributed by atoms with Gasteiger partial charge < -0.3 is 5.32 Å². The minimum absolute atomic E-state index is 0.0720. The molecule has 37 heavy (non-hydrogen) atoms. The molecule has 0 spiro atoms. The van der Waals surface area contributed by atoms with Crippen LogP contribution in [0.1, 0.15) is 18.1 Å². The zero-order chi connectivity index (χ0) is 27.0. The van der Waals surface area contributed by atoms with E-state index in [1.807, 2.05) is 0 Å². The molecule has 3 rings (SSSR count). The Bertz CT molecular complexity index is 1430. The third kappa shape index (κ3) is 7.67. The molecule has 0 aromatic heterocycles. The average molecular weight is 544 g/mol. The minimum Gasteiger partial charge on any atom is -0.326 e. The fourth-order valence-corrected chi connectivity index (χ4v) is 4.74. The van der Waals surface area contributed by atoms with Crippen LogP contribution in [0.15, 0.2) is 82.8 Å². The summed E-state index contributed by atoms with van der Waals surface area (Å²) in [5, 5.41) is 17.5. The predicted octanol–water partition coefficient (Wildman–Crippen LogP) is 3.55. The number of anilines is 1. The van der Waals surface area contributed by atoms with Gasteiger partial charge in [-0.1, -0.05) is 41.9 Å². The summed E-state index contributed by atoms with van der Waals surface area (Å²) in [6, 6.07) is 18.0. The van der Waals surface area contributed by atoms with Gasteiger partial charge in [-0.2, -0.15) is 9.41 Å². The number of nitro groups is 1. The number of amides is 2. The van der Waals surface area contributed by atoms with Gasteiger partial charge >= 0.3 is 0 Å². The Hall–Kier alpha value is -4.13. The smallest absolute Gasteiger partial charge is 0.270 e. The highest BCUT2D eigenvalue weighted by Gasteiger charge is 2.27. The van der Waals surface area contributed by atoms with Gasteiger partial charge in [0.25, 0.3) is 11.6 Å². The summed E-state index contributed by atoms with van der Waals surface area (Å²) in [5.74, 6) is -1.04. The first kappa shape index (κ1) is 27.5. The Kier molecular flexibility index (Phi) is 9.06. The van der Waals surface area contributed by atoms with E-state index >= 15 is 0 Å². The Morgan fingerprint density at radius 3 is 2.38 bits per heavy atom.